The van der Waals surface area contributed by atoms with Crippen LogP contribution < -0.4 is 15.4 Å². The highest BCUT2D eigenvalue weighted by molar-refractivity contribution is 14.0. The van der Waals surface area contributed by atoms with Crippen LogP contribution in [0.2, 0.25) is 0 Å². The van der Waals surface area contributed by atoms with Crippen molar-refractivity contribution in [2.75, 3.05) is 27.7 Å². The summed E-state index contributed by atoms with van der Waals surface area (Å²) in [5, 5.41) is 11.3. The van der Waals surface area contributed by atoms with Gasteiger partial charge in [-0.1, -0.05) is 26.7 Å². The predicted molar refractivity (Wildman–Crippen MR) is 127 cm³/mol. The first-order valence-corrected chi connectivity index (χ1v) is 10.2. The molecule has 9 heteroatoms. The molecular weight excluding hydrogens is 483 g/mol. The summed E-state index contributed by atoms with van der Waals surface area (Å²) in [6, 6.07) is 0.371. The minimum absolute atomic E-state index is 0. The molecular formula is C20H37IN6O2. The Labute approximate surface area is 191 Å². The number of nitrogens with one attached hydrogen (secondary N) is 2. The van der Waals surface area contributed by atoms with E-state index in [4.69, 9.17) is 9.73 Å². The van der Waals surface area contributed by atoms with Crippen molar-refractivity contribution in [3.63, 3.8) is 0 Å². The molecule has 1 fully saturated rings. The van der Waals surface area contributed by atoms with E-state index in [2.05, 4.69) is 29.6 Å². The lowest BCUT2D eigenvalue weighted by molar-refractivity contribution is -0.127. The van der Waals surface area contributed by atoms with E-state index < -0.39 is 0 Å². The molecule has 2 N–H and O–H groups in total. The lowest BCUT2D eigenvalue weighted by Gasteiger charge is -2.31. The Kier molecular flexibility index (Phi) is 10.8. The van der Waals surface area contributed by atoms with Gasteiger partial charge in [0, 0.05) is 27.2 Å². The Bertz CT molecular complexity index is 689. The third-order valence-corrected chi connectivity index (χ3v) is 5.43. The van der Waals surface area contributed by atoms with Crippen LogP contribution in [0.1, 0.15) is 50.8 Å². The molecule has 1 aromatic heterocycles. The van der Waals surface area contributed by atoms with Gasteiger partial charge in [-0.2, -0.15) is 5.10 Å². The van der Waals surface area contributed by atoms with Crippen LogP contribution in [0.25, 0.3) is 0 Å². The van der Waals surface area contributed by atoms with Crippen molar-refractivity contribution in [1.29, 1.82) is 0 Å². The lowest BCUT2D eigenvalue weighted by Crippen LogP contribution is -2.49. The molecule has 2 atom stereocenters. The Morgan fingerprint density at radius 1 is 1.34 bits per heavy atom. The monoisotopic (exact) mass is 520 g/mol. The highest BCUT2D eigenvalue weighted by atomic mass is 127. The second kappa shape index (κ2) is 12.2. The summed E-state index contributed by atoms with van der Waals surface area (Å²) in [4.78, 5) is 18.4. The normalized spacial score (nSPS) is 19.3. The van der Waals surface area contributed by atoms with E-state index >= 15 is 0 Å². The van der Waals surface area contributed by atoms with Crippen molar-refractivity contribution in [3.05, 3.63) is 11.3 Å². The summed E-state index contributed by atoms with van der Waals surface area (Å²) in [7, 11) is 7.04. The van der Waals surface area contributed by atoms with E-state index in [0.29, 0.717) is 24.5 Å². The van der Waals surface area contributed by atoms with Crippen molar-refractivity contribution in [2.45, 2.75) is 58.5 Å². The number of halogens is 1. The fourth-order valence-corrected chi connectivity index (χ4v) is 3.64. The number of rotatable bonds is 7. The average Bonchev–Trinajstić information content (AvgIpc) is 2.99. The summed E-state index contributed by atoms with van der Waals surface area (Å²) in [6.07, 6.45) is 5.67. The minimum atomic E-state index is 0. The molecule has 1 aliphatic carbocycles. The van der Waals surface area contributed by atoms with Gasteiger partial charge in [-0.3, -0.25) is 4.79 Å². The van der Waals surface area contributed by atoms with E-state index in [-0.39, 0.29) is 36.4 Å². The summed E-state index contributed by atoms with van der Waals surface area (Å²) >= 11 is 0. The molecule has 29 heavy (non-hydrogen) atoms. The molecule has 166 valence electrons. The first kappa shape index (κ1) is 25.5. The van der Waals surface area contributed by atoms with Crippen LogP contribution in [0.4, 0.5) is 0 Å². The number of carbonyl (C=O) groups excluding carboxylic acids is 1. The zero-order valence-electron chi connectivity index (χ0n) is 18.6. The summed E-state index contributed by atoms with van der Waals surface area (Å²) in [5.41, 5.74) is 1.97. The maximum atomic E-state index is 12.0. The number of likely N-dealkylation sites (N-methyl/N-ethyl adjacent to an activating group) is 1. The van der Waals surface area contributed by atoms with Gasteiger partial charge < -0.3 is 20.3 Å². The van der Waals surface area contributed by atoms with Crippen LogP contribution in [0.15, 0.2) is 4.99 Å². The van der Waals surface area contributed by atoms with Gasteiger partial charge in [0.15, 0.2) is 5.96 Å². The number of ether oxygens (including phenoxy) is 1. The second-order valence-corrected chi connectivity index (χ2v) is 7.73. The molecule has 0 saturated heterocycles. The maximum Gasteiger partial charge on any atom is 0.241 e. The predicted octanol–water partition coefficient (Wildman–Crippen LogP) is 2.31. The fraction of sp³-hybridized carbons (Fsp3) is 0.750. The van der Waals surface area contributed by atoms with E-state index in [1.807, 2.05) is 7.05 Å². The minimum Gasteiger partial charge on any atom is -0.481 e. The van der Waals surface area contributed by atoms with Gasteiger partial charge in [0.2, 0.25) is 11.8 Å². The number of guanidine groups is 1. The number of hydrogen-bond donors (Lipinski definition) is 2. The van der Waals surface area contributed by atoms with E-state index in [0.717, 1.165) is 30.0 Å². The standard InChI is InChI=1S/C20H36N6O2.HI/c1-7-16-15(19(28-6)26(5)24-16)12-21-20(22-13-18(27)25(3)4)23-17-11-9-8-10-14(17)2;/h14,17H,7-13H2,1-6H3,(H2,21,22,23);1H. The molecule has 2 unspecified atom stereocenters. The third kappa shape index (κ3) is 7.04. The quantitative estimate of drug-likeness (QED) is 0.328. The Hall–Kier alpha value is -1.52. The van der Waals surface area contributed by atoms with Crippen LogP contribution in [-0.2, 0) is 24.8 Å². The number of aliphatic imine (C=N–C) groups is 1. The number of amides is 1. The number of nitrogens with zero attached hydrogens (tertiary/aromatic N) is 4. The first-order chi connectivity index (χ1) is 13.4. The molecule has 8 nitrogen and oxygen atoms in total. The number of hydrogen-bond acceptors (Lipinski definition) is 4. The van der Waals surface area contributed by atoms with Crippen molar-refractivity contribution in [2.24, 2.45) is 18.0 Å². The highest BCUT2D eigenvalue weighted by Gasteiger charge is 2.23. The Morgan fingerprint density at radius 2 is 2.03 bits per heavy atom. The number of carbonyl (C=O) groups is 1. The van der Waals surface area contributed by atoms with Crippen molar-refractivity contribution < 1.29 is 9.53 Å². The maximum absolute atomic E-state index is 12.0. The number of methoxy groups -OCH3 is 1. The molecule has 0 spiro atoms. The summed E-state index contributed by atoms with van der Waals surface area (Å²) < 4.78 is 7.27. The number of aryl methyl sites for hydroxylation is 2. The largest absolute Gasteiger partial charge is 0.481 e. The van der Waals surface area contributed by atoms with Gasteiger partial charge in [-0.25, -0.2) is 9.67 Å². The van der Waals surface area contributed by atoms with Crippen LogP contribution in [0, 0.1) is 5.92 Å². The zero-order valence-corrected chi connectivity index (χ0v) is 20.9. The zero-order chi connectivity index (χ0) is 20.7. The molecule has 1 aromatic rings. The highest BCUT2D eigenvalue weighted by Crippen LogP contribution is 2.24. The molecule has 2 rings (SSSR count). The van der Waals surface area contributed by atoms with Gasteiger partial charge >= 0.3 is 0 Å². The van der Waals surface area contributed by atoms with E-state index in [9.17, 15) is 4.79 Å². The fourth-order valence-electron chi connectivity index (χ4n) is 3.64. The second-order valence-electron chi connectivity index (χ2n) is 7.73. The SMILES string of the molecule is CCc1nn(C)c(OC)c1CN=C(NCC(=O)N(C)C)NC1CCCCC1C.I. The molecule has 1 aliphatic rings. The topological polar surface area (TPSA) is 83.8 Å². The molecule has 0 radical (unpaired) electrons. The lowest BCUT2D eigenvalue weighted by atomic mass is 9.86. The smallest absolute Gasteiger partial charge is 0.241 e. The van der Waals surface area contributed by atoms with Gasteiger partial charge in [0.05, 0.1) is 31.5 Å². The first-order valence-electron chi connectivity index (χ1n) is 10.2. The summed E-state index contributed by atoms with van der Waals surface area (Å²) in [5.74, 6) is 2.00. The van der Waals surface area contributed by atoms with Crippen LogP contribution in [0.3, 0.4) is 0 Å². The van der Waals surface area contributed by atoms with Gasteiger partial charge in [0.25, 0.3) is 0 Å². The average molecular weight is 520 g/mol. The third-order valence-electron chi connectivity index (χ3n) is 5.43. The molecule has 1 heterocycles. The van der Waals surface area contributed by atoms with E-state index in [1.165, 1.54) is 19.3 Å². The van der Waals surface area contributed by atoms with Crippen LogP contribution >= 0.6 is 24.0 Å². The molecule has 0 bridgehead atoms. The summed E-state index contributed by atoms with van der Waals surface area (Å²) in [6.45, 7) is 5.02. The Balaban J connectivity index is 0.00000420. The van der Waals surface area contributed by atoms with Crippen molar-refractivity contribution in [3.8, 4) is 5.88 Å². The molecule has 0 aromatic carbocycles. The molecule has 1 amide bonds. The van der Waals surface area contributed by atoms with Crippen LogP contribution in [-0.4, -0.2) is 60.3 Å². The van der Waals surface area contributed by atoms with Gasteiger partial charge in [-0.05, 0) is 25.2 Å². The van der Waals surface area contributed by atoms with Gasteiger partial charge in [-0.15, -0.1) is 24.0 Å². The molecule has 1 saturated carbocycles. The van der Waals surface area contributed by atoms with Crippen molar-refractivity contribution >= 4 is 35.8 Å². The number of aromatic nitrogens is 2. The van der Waals surface area contributed by atoms with Crippen molar-refractivity contribution in [1.82, 2.24) is 25.3 Å². The Morgan fingerprint density at radius 3 is 2.62 bits per heavy atom. The van der Waals surface area contributed by atoms with E-state index in [1.54, 1.807) is 30.8 Å². The van der Waals surface area contributed by atoms with Gasteiger partial charge in [0.1, 0.15) is 0 Å². The molecule has 0 aliphatic heterocycles. The van der Waals surface area contributed by atoms with Crippen LogP contribution in [0.5, 0.6) is 5.88 Å².